The third kappa shape index (κ3) is 6.61. The van der Waals surface area contributed by atoms with Crippen molar-refractivity contribution < 1.29 is 14.6 Å². The number of nitrogens with one attached hydrogen (secondary N) is 1. The third-order valence-electron chi connectivity index (χ3n) is 4.85. The average Bonchev–Trinajstić information content (AvgIpc) is 2.81. The lowest BCUT2D eigenvalue weighted by molar-refractivity contribution is -0.122. The molecule has 26 heavy (non-hydrogen) atoms. The van der Waals surface area contributed by atoms with Crippen LogP contribution in [0.15, 0.2) is 24.3 Å². The van der Waals surface area contributed by atoms with E-state index in [0.29, 0.717) is 19.5 Å². The van der Waals surface area contributed by atoms with Crippen LogP contribution in [-0.2, 0) is 11.3 Å². The normalized spacial score (nSPS) is 17.9. The summed E-state index contributed by atoms with van der Waals surface area (Å²) in [7, 11) is 0. The monoisotopic (exact) mass is 362 g/mol. The highest BCUT2D eigenvalue weighted by Gasteiger charge is 2.23. The maximum atomic E-state index is 12.2. The van der Waals surface area contributed by atoms with Crippen molar-refractivity contribution in [2.45, 2.75) is 59.1 Å². The molecular formula is C21H34N2O3. The Morgan fingerprint density at radius 2 is 2.15 bits per heavy atom. The summed E-state index contributed by atoms with van der Waals surface area (Å²) in [6.45, 7) is 9.01. The first-order valence-corrected chi connectivity index (χ1v) is 9.78. The van der Waals surface area contributed by atoms with Crippen LogP contribution in [-0.4, -0.2) is 48.3 Å². The molecule has 2 rings (SSSR count). The summed E-state index contributed by atoms with van der Waals surface area (Å²) < 4.78 is 6.23. The zero-order valence-electron chi connectivity index (χ0n) is 16.5. The van der Waals surface area contributed by atoms with Crippen LogP contribution in [0.25, 0.3) is 0 Å². The van der Waals surface area contributed by atoms with Gasteiger partial charge >= 0.3 is 0 Å². The lowest BCUT2D eigenvalue weighted by Gasteiger charge is -2.25. The summed E-state index contributed by atoms with van der Waals surface area (Å²) in [6.07, 6.45) is 3.99. The van der Waals surface area contributed by atoms with E-state index in [4.69, 9.17) is 4.74 Å². The first-order valence-electron chi connectivity index (χ1n) is 9.78. The number of fused-ring (bicyclic) bond motifs is 1. The van der Waals surface area contributed by atoms with Crippen LogP contribution >= 0.6 is 0 Å². The molecule has 0 fully saturated rings. The van der Waals surface area contributed by atoms with Crippen molar-refractivity contribution in [3.05, 3.63) is 29.8 Å². The van der Waals surface area contributed by atoms with Gasteiger partial charge in [-0.3, -0.25) is 9.69 Å². The summed E-state index contributed by atoms with van der Waals surface area (Å²) >= 11 is 0. The van der Waals surface area contributed by atoms with E-state index in [1.807, 2.05) is 32.0 Å². The number of hydrogen-bond donors (Lipinski definition) is 2. The van der Waals surface area contributed by atoms with Crippen LogP contribution in [0.4, 0.5) is 0 Å². The van der Waals surface area contributed by atoms with Crippen LogP contribution in [0, 0.1) is 5.41 Å². The topological polar surface area (TPSA) is 61.8 Å². The molecule has 1 aliphatic rings. The fourth-order valence-electron chi connectivity index (χ4n) is 3.05. The van der Waals surface area contributed by atoms with E-state index >= 15 is 0 Å². The smallest absolute Gasteiger partial charge is 0.221 e. The summed E-state index contributed by atoms with van der Waals surface area (Å²) in [5, 5.41) is 12.2. The number of hydrogen-bond acceptors (Lipinski definition) is 4. The van der Waals surface area contributed by atoms with Gasteiger partial charge < -0.3 is 15.2 Å². The minimum atomic E-state index is -0.281. The van der Waals surface area contributed by atoms with Gasteiger partial charge in [-0.05, 0) is 18.9 Å². The van der Waals surface area contributed by atoms with Gasteiger partial charge in [0.1, 0.15) is 11.9 Å². The van der Waals surface area contributed by atoms with Crippen LogP contribution in [0.1, 0.15) is 52.0 Å². The Morgan fingerprint density at radius 1 is 1.38 bits per heavy atom. The first-order chi connectivity index (χ1) is 12.4. The lowest BCUT2D eigenvalue weighted by Crippen LogP contribution is -2.39. The molecule has 0 saturated carbocycles. The predicted molar refractivity (Wildman–Crippen MR) is 104 cm³/mol. The highest BCUT2D eigenvalue weighted by molar-refractivity contribution is 5.76. The molecule has 1 unspecified atom stereocenters. The summed E-state index contributed by atoms with van der Waals surface area (Å²) in [5.74, 6) is 1.01. The molecule has 2 N–H and O–H groups in total. The third-order valence-corrected chi connectivity index (χ3v) is 4.85. The van der Waals surface area contributed by atoms with E-state index in [1.165, 1.54) is 5.56 Å². The number of aliphatic hydroxyl groups excluding tert-OH is 1. The van der Waals surface area contributed by atoms with Crippen LogP contribution in [0.3, 0.4) is 0 Å². The Kier molecular flexibility index (Phi) is 7.91. The van der Waals surface area contributed by atoms with E-state index in [0.717, 1.165) is 38.1 Å². The molecule has 1 aliphatic heterocycles. The van der Waals surface area contributed by atoms with E-state index in [2.05, 4.69) is 23.2 Å². The van der Waals surface area contributed by atoms with Gasteiger partial charge in [0, 0.05) is 50.2 Å². The largest absolute Gasteiger partial charge is 0.489 e. The van der Waals surface area contributed by atoms with Crippen LogP contribution < -0.4 is 10.1 Å². The van der Waals surface area contributed by atoms with E-state index in [-0.39, 0.29) is 24.0 Å². The summed E-state index contributed by atoms with van der Waals surface area (Å²) in [6, 6.07) is 8.20. The number of nitrogens with zero attached hydrogens (tertiary/aromatic N) is 1. The van der Waals surface area contributed by atoms with Crippen LogP contribution in [0.2, 0.25) is 0 Å². The fraction of sp³-hybridized carbons (Fsp3) is 0.667. The van der Waals surface area contributed by atoms with Gasteiger partial charge in [-0.2, -0.15) is 0 Å². The summed E-state index contributed by atoms with van der Waals surface area (Å²) in [5.41, 5.74) is 0.907. The van der Waals surface area contributed by atoms with E-state index < -0.39 is 0 Å². The number of carbonyl (C=O) groups excluding carboxylic acids is 1. The van der Waals surface area contributed by atoms with Gasteiger partial charge in [-0.25, -0.2) is 0 Å². The fourth-order valence-corrected chi connectivity index (χ4v) is 3.05. The molecule has 0 bridgehead atoms. The molecule has 0 saturated heterocycles. The molecule has 1 amide bonds. The Hall–Kier alpha value is -1.59. The van der Waals surface area contributed by atoms with Crippen molar-refractivity contribution in [1.29, 1.82) is 0 Å². The zero-order chi connectivity index (χ0) is 19.0. The average molecular weight is 363 g/mol. The van der Waals surface area contributed by atoms with Crippen molar-refractivity contribution in [3.8, 4) is 5.75 Å². The van der Waals surface area contributed by atoms with Gasteiger partial charge in [0.2, 0.25) is 5.91 Å². The molecule has 5 heteroatoms. The maximum absolute atomic E-state index is 12.2. The van der Waals surface area contributed by atoms with Gasteiger partial charge in [-0.15, -0.1) is 0 Å². The Morgan fingerprint density at radius 3 is 2.88 bits per heavy atom. The molecule has 146 valence electrons. The van der Waals surface area contributed by atoms with Gasteiger partial charge in [0.15, 0.2) is 0 Å². The van der Waals surface area contributed by atoms with Crippen molar-refractivity contribution in [2.24, 2.45) is 5.41 Å². The second kappa shape index (κ2) is 9.93. The second-order valence-corrected chi connectivity index (χ2v) is 8.07. The Labute approximate surface area is 157 Å². The number of carbonyl (C=O) groups is 1. The predicted octanol–water partition coefficient (Wildman–Crippen LogP) is 2.96. The van der Waals surface area contributed by atoms with Gasteiger partial charge in [0.05, 0.1) is 0 Å². The van der Waals surface area contributed by atoms with Crippen LogP contribution in [0.5, 0.6) is 5.75 Å². The molecule has 0 spiro atoms. The lowest BCUT2D eigenvalue weighted by atomic mass is 9.95. The van der Waals surface area contributed by atoms with E-state index in [1.54, 1.807) is 0 Å². The molecule has 0 aromatic heterocycles. The number of aliphatic hydroxyl groups is 1. The Bertz CT molecular complexity index is 574. The second-order valence-electron chi connectivity index (χ2n) is 8.07. The molecule has 5 nitrogen and oxygen atoms in total. The Balaban J connectivity index is 1.91. The highest BCUT2D eigenvalue weighted by Crippen LogP contribution is 2.26. The minimum absolute atomic E-state index is 0.0371. The number of rotatable bonds is 9. The van der Waals surface area contributed by atoms with Crippen molar-refractivity contribution in [3.63, 3.8) is 0 Å². The summed E-state index contributed by atoms with van der Waals surface area (Å²) in [4.78, 5) is 14.5. The van der Waals surface area contributed by atoms with Crippen molar-refractivity contribution in [1.82, 2.24) is 10.2 Å². The minimum Gasteiger partial charge on any atom is -0.489 e. The SMILES string of the molecule is CCCCC1CN(CCC(=O)NCC(C)(C)CO)Cc2ccccc2O1. The molecule has 0 aliphatic carbocycles. The van der Waals surface area contributed by atoms with Gasteiger partial charge in [0.25, 0.3) is 0 Å². The van der Waals surface area contributed by atoms with E-state index in [9.17, 15) is 9.90 Å². The molecule has 1 atom stereocenters. The van der Waals surface area contributed by atoms with Gasteiger partial charge in [-0.1, -0.05) is 45.4 Å². The number of benzene rings is 1. The standard InChI is InChI=1S/C21H34N2O3/c1-4-5-9-18-14-23(13-17-8-6-7-10-19(17)26-18)12-11-20(25)22-15-21(2,3)16-24/h6-8,10,18,24H,4-5,9,11-16H2,1-3H3,(H,22,25). The first kappa shape index (κ1) is 20.7. The van der Waals surface area contributed by atoms with Crippen molar-refractivity contribution in [2.75, 3.05) is 26.2 Å². The number of unbranched alkanes of at least 4 members (excludes halogenated alkanes) is 1. The zero-order valence-corrected chi connectivity index (χ0v) is 16.5. The molecular weight excluding hydrogens is 328 g/mol. The van der Waals surface area contributed by atoms with Crippen molar-refractivity contribution >= 4 is 5.91 Å². The number of para-hydroxylation sites is 1. The maximum Gasteiger partial charge on any atom is 0.221 e. The highest BCUT2D eigenvalue weighted by atomic mass is 16.5. The molecule has 1 heterocycles. The molecule has 1 aromatic rings. The molecule has 0 radical (unpaired) electrons. The number of ether oxygens (including phenoxy) is 1. The molecule has 1 aromatic carbocycles. The number of amides is 1. The quantitative estimate of drug-likeness (QED) is 0.709.